The number of benzene rings is 2. The number of rotatable bonds is 4. The second-order valence-electron chi connectivity index (χ2n) is 4.38. The highest BCUT2D eigenvalue weighted by Gasteiger charge is 2.15. The first kappa shape index (κ1) is 17.6. The number of carbonyl (C=O) groups is 2. The second-order valence-corrected chi connectivity index (χ2v) is 6.15. The highest BCUT2D eigenvalue weighted by atomic mass is 79.9. The van der Waals surface area contributed by atoms with E-state index in [0.29, 0.717) is 10.5 Å². The van der Waals surface area contributed by atoms with Crippen LogP contribution in [0.4, 0.5) is 14.5 Å². The molecule has 4 nitrogen and oxygen atoms in total. The molecule has 8 heteroatoms. The van der Waals surface area contributed by atoms with Gasteiger partial charge in [-0.15, -0.1) is 0 Å². The first-order chi connectivity index (χ1) is 10.9. The van der Waals surface area contributed by atoms with Gasteiger partial charge in [0.15, 0.2) is 12.4 Å². The van der Waals surface area contributed by atoms with Crippen LogP contribution in [0, 0.1) is 11.6 Å². The van der Waals surface area contributed by atoms with E-state index in [-0.39, 0.29) is 15.7 Å². The molecule has 1 N–H and O–H groups in total. The van der Waals surface area contributed by atoms with Gasteiger partial charge in [-0.25, -0.2) is 13.6 Å². The predicted molar refractivity (Wildman–Crippen MR) is 87.1 cm³/mol. The van der Waals surface area contributed by atoms with Crippen LogP contribution in [0.5, 0.6) is 0 Å². The number of esters is 1. The monoisotopic (exact) mass is 447 g/mol. The van der Waals surface area contributed by atoms with E-state index in [9.17, 15) is 18.4 Å². The summed E-state index contributed by atoms with van der Waals surface area (Å²) < 4.78 is 32.1. The molecule has 1 amide bonds. The average Bonchev–Trinajstić information content (AvgIpc) is 2.48. The molecule has 2 aromatic rings. The quantitative estimate of drug-likeness (QED) is 0.710. The Morgan fingerprint density at radius 3 is 2.52 bits per heavy atom. The molecule has 0 spiro atoms. The SMILES string of the molecule is O=C(COC(=O)c1cccc(Br)c1)Nc1c(F)cc(F)cc1Br. The molecule has 0 radical (unpaired) electrons. The van der Waals surface area contributed by atoms with Crippen LogP contribution in [-0.4, -0.2) is 18.5 Å². The van der Waals surface area contributed by atoms with Crippen molar-refractivity contribution in [3.8, 4) is 0 Å². The van der Waals surface area contributed by atoms with E-state index in [2.05, 4.69) is 37.2 Å². The maximum Gasteiger partial charge on any atom is 0.338 e. The zero-order valence-corrected chi connectivity index (χ0v) is 14.6. The van der Waals surface area contributed by atoms with Crippen LogP contribution in [0.15, 0.2) is 45.3 Å². The molecule has 0 aliphatic rings. The Labute approximate surface area is 147 Å². The molecule has 120 valence electrons. The Balaban J connectivity index is 1.97. The molecule has 2 rings (SSSR count). The molecule has 23 heavy (non-hydrogen) atoms. The van der Waals surface area contributed by atoms with Crippen molar-refractivity contribution in [2.75, 3.05) is 11.9 Å². The van der Waals surface area contributed by atoms with Gasteiger partial charge in [-0.2, -0.15) is 0 Å². The lowest BCUT2D eigenvalue weighted by Gasteiger charge is -2.09. The van der Waals surface area contributed by atoms with Crippen molar-refractivity contribution in [3.63, 3.8) is 0 Å². The summed E-state index contributed by atoms with van der Waals surface area (Å²) in [6, 6.07) is 8.09. The zero-order chi connectivity index (χ0) is 17.0. The summed E-state index contributed by atoms with van der Waals surface area (Å²) in [5, 5.41) is 2.21. The van der Waals surface area contributed by atoms with Crippen LogP contribution in [0.25, 0.3) is 0 Å². The van der Waals surface area contributed by atoms with Crippen LogP contribution in [0.2, 0.25) is 0 Å². The third-order valence-corrected chi connectivity index (χ3v) is 3.78. The van der Waals surface area contributed by atoms with E-state index in [1.165, 1.54) is 12.1 Å². The number of amides is 1. The van der Waals surface area contributed by atoms with E-state index < -0.39 is 30.1 Å². The normalized spacial score (nSPS) is 10.3. The molecule has 0 saturated carbocycles. The molecule has 2 aromatic carbocycles. The topological polar surface area (TPSA) is 55.4 Å². The highest BCUT2D eigenvalue weighted by Crippen LogP contribution is 2.26. The van der Waals surface area contributed by atoms with Gasteiger partial charge in [0.2, 0.25) is 0 Å². The van der Waals surface area contributed by atoms with Gasteiger partial charge >= 0.3 is 5.97 Å². The molecule has 0 fully saturated rings. The van der Waals surface area contributed by atoms with Gasteiger partial charge in [0.1, 0.15) is 5.82 Å². The van der Waals surface area contributed by atoms with E-state index in [1.807, 2.05) is 0 Å². The fraction of sp³-hybridized carbons (Fsp3) is 0.0667. The number of anilines is 1. The van der Waals surface area contributed by atoms with E-state index in [0.717, 1.165) is 6.07 Å². The van der Waals surface area contributed by atoms with Crippen molar-refractivity contribution in [2.24, 2.45) is 0 Å². The van der Waals surface area contributed by atoms with Crippen LogP contribution in [0.3, 0.4) is 0 Å². The number of halogens is 4. The van der Waals surface area contributed by atoms with Gasteiger partial charge in [0, 0.05) is 15.0 Å². The molecule has 0 aliphatic carbocycles. The first-order valence-corrected chi connectivity index (χ1v) is 7.82. The van der Waals surface area contributed by atoms with Crippen LogP contribution >= 0.6 is 31.9 Å². The zero-order valence-electron chi connectivity index (χ0n) is 11.4. The summed E-state index contributed by atoms with van der Waals surface area (Å²) >= 11 is 6.16. The van der Waals surface area contributed by atoms with Gasteiger partial charge in [0.25, 0.3) is 5.91 Å². The first-order valence-electron chi connectivity index (χ1n) is 6.24. The molecule has 0 saturated heterocycles. The van der Waals surface area contributed by atoms with Gasteiger partial charge in [-0.3, -0.25) is 4.79 Å². The number of hydrogen-bond donors (Lipinski definition) is 1. The minimum atomic E-state index is -0.941. The van der Waals surface area contributed by atoms with E-state index >= 15 is 0 Å². The number of hydrogen-bond acceptors (Lipinski definition) is 3. The van der Waals surface area contributed by atoms with Gasteiger partial charge < -0.3 is 10.1 Å². The largest absolute Gasteiger partial charge is 0.452 e. The average molecular weight is 449 g/mol. The third-order valence-electron chi connectivity index (χ3n) is 2.67. The van der Waals surface area contributed by atoms with E-state index in [4.69, 9.17) is 4.74 Å². The molecule has 0 aromatic heterocycles. The van der Waals surface area contributed by atoms with Crippen molar-refractivity contribution in [3.05, 3.63) is 62.5 Å². The Morgan fingerprint density at radius 2 is 1.87 bits per heavy atom. The van der Waals surface area contributed by atoms with Gasteiger partial charge in [-0.05, 0) is 40.2 Å². The molecule has 0 heterocycles. The summed E-state index contributed by atoms with van der Waals surface area (Å²) in [7, 11) is 0. The van der Waals surface area contributed by atoms with Gasteiger partial charge in [0.05, 0.1) is 11.3 Å². The second kappa shape index (κ2) is 7.65. The smallest absolute Gasteiger partial charge is 0.338 e. The lowest BCUT2D eigenvalue weighted by Crippen LogP contribution is -2.21. The summed E-state index contributed by atoms with van der Waals surface area (Å²) in [6.07, 6.45) is 0. The van der Waals surface area contributed by atoms with Crippen LogP contribution in [0.1, 0.15) is 10.4 Å². The van der Waals surface area contributed by atoms with E-state index in [1.54, 1.807) is 12.1 Å². The maximum atomic E-state index is 13.6. The lowest BCUT2D eigenvalue weighted by atomic mass is 10.2. The molecule has 0 atom stereocenters. The van der Waals surface area contributed by atoms with Crippen molar-refractivity contribution in [2.45, 2.75) is 0 Å². The van der Waals surface area contributed by atoms with Crippen molar-refractivity contribution >= 4 is 49.4 Å². The third kappa shape index (κ3) is 4.84. The molecule has 0 aliphatic heterocycles. The highest BCUT2D eigenvalue weighted by molar-refractivity contribution is 9.10. The maximum absolute atomic E-state index is 13.6. The Hall–Kier alpha value is -1.80. The molecular formula is C15H9Br2F2NO3. The Morgan fingerprint density at radius 1 is 1.13 bits per heavy atom. The van der Waals surface area contributed by atoms with Crippen molar-refractivity contribution in [1.29, 1.82) is 0 Å². The molecule has 0 bridgehead atoms. The summed E-state index contributed by atoms with van der Waals surface area (Å²) in [4.78, 5) is 23.5. The van der Waals surface area contributed by atoms with Crippen LogP contribution < -0.4 is 5.32 Å². The molecular weight excluding hydrogens is 440 g/mol. The fourth-order valence-electron chi connectivity index (χ4n) is 1.67. The predicted octanol–water partition coefficient (Wildman–Crippen LogP) is 4.29. The summed E-state index contributed by atoms with van der Waals surface area (Å²) in [6.45, 7) is -0.603. The van der Waals surface area contributed by atoms with Crippen LogP contribution in [-0.2, 0) is 9.53 Å². The lowest BCUT2D eigenvalue weighted by molar-refractivity contribution is -0.119. The number of ether oxygens (including phenoxy) is 1. The number of carbonyl (C=O) groups excluding carboxylic acids is 2. The fourth-order valence-corrected chi connectivity index (χ4v) is 2.57. The Kier molecular flexibility index (Phi) is 5.84. The molecule has 0 unspecified atom stereocenters. The minimum Gasteiger partial charge on any atom is -0.452 e. The Bertz CT molecular complexity index is 745. The standard InChI is InChI=1S/C15H9Br2F2NO3/c16-9-3-1-2-8(4-9)15(22)23-7-13(21)20-14-11(17)5-10(18)6-12(14)19/h1-6H,7H2,(H,20,21). The summed E-state index contributed by atoms with van der Waals surface area (Å²) in [5.41, 5.74) is 0.0382. The number of nitrogens with one attached hydrogen (secondary N) is 1. The van der Waals surface area contributed by atoms with Gasteiger partial charge in [-0.1, -0.05) is 22.0 Å². The van der Waals surface area contributed by atoms with Crippen molar-refractivity contribution < 1.29 is 23.1 Å². The van der Waals surface area contributed by atoms with Crippen molar-refractivity contribution in [1.82, 2.24) is 0 Å². The minimum absolute atomic E-state index is 0.0432. The summed E-state index contributed by atoms with van der Waals surface area (Å²) in [5.74, 6) is -3.17.